The first kappa shape index (κ1) is 11.1. The van der Waals surface area contributed by atoms with Crippen molar-refractivity contribution in [3.8, 4) is 0 Å². The highest BCUT2D eigenvalue weighted by Gasteiger charge is 2.09. The third-order valence-electron chi connectivity index (χ3n) is 1.67. The second-order valence-corrected chi connectivity index (χ2v) is 2.74. The van der Waals surface area contributed by atoms with Gasteiger partial charge in [-0.3, -0.25) is 4.79 Å². The molecule has 68 valence electrons. The molecule has 0 aromatic heterocycles. The Bertz CT molecular complexity index is 171. The molecule has 0 aliphatic rings. The normalized spacial score (nSPS) is 13.2. The van der Waals surface area contributed by atoms with Crippen LogP contribution >= 0.6 is 0 Å². The third kappa shape index (κ3) is 4.85. The summed E-state index contributed by atoms with van der Waals surface area (Å²) in [7, 11) is 0. The fourth-order valence-corrected chi connectivity index (χ4v) is 0.867. The molecule has 0 heterocycles. The topological polar surface area (TPSA) is 37.3 Å². The lowest BCUT2D eigenvalue weighted by Gasteiger charge is -2.04. The number of carbonyl (C=O) groups is 1. The van der Waals surface area contributed by atoms with Gasteiger partial charge in [0.05, 0.1) is 0 Å². The van der Waals surface area contributed by atoms with Crippen molar-refractivity contribution in [2.45, 2.75) is 19.8 Å². The second kappa shape index (κ2) is 6.80. The number of hydrogen-bond donors (Lipinski definition) is 1. The van der Waals surface area contributed by atoms with Gasteiger partial charge in [0.1, 0.15) is 5.78 Å². The Hall–Kier alpha value is -0.890. The fraction of sp³-hybridized carbons (Fsp3) is 0.500. The van der Waals surface area contributed by atoms with E-state index in [-0.39, 0.29) is 24.7 Å². The summed E-state index contributed by atoms with van der Waals surface area (Å²) in [6, 6.07) is 0. The molecule has 0 rings (SSSR count). The summed E-state index contributed by atoms with van der Waals surface area (Å²) >= 11 is 0. The van der Waals surface area contributed by atoms with E-state index >= 15 is 0 Å². The summed E-state index contributed by atoms with van der Waals surface area (Å²) in [5.74, 6) is 0.125. The van der Waals surface area contributed by atoms with Crippen molar-refractivity contribution in [1.82, 2.24) is 0 Å². The van der Waals surface area contributed by atoms with Crippen molar-refractivity contribution >= 4 is 5.78 Å². The van der Waals surface area contributed by atoms with Crippen LogP contribution in [0, 0.1) is 5.92 Å². The van der Waals surface area contributed by atoms with Crippen LogP contribution in [0.25, 0.3) is 0 Å². The van der Waals surface area contributed by atoms with Gasteiger partial charge in [-0.05, 0) is 6.42 Å². The predicted molar refractivity (Wildman–Crippen MR) is 49.8 cm³/mol. The molecule has 0 aromatic rings. The largest absolute Gasteiger partial charge is 0.396 e. The molecule has 1 atom stereocenters. The van der Waals surface area contributed by atoms with Crippen LogP contribution < -0.4 is 0 Å². The van der Waals surface area contributed by atoms with Crippen molar-refractivity contribution in [2.75, 3.05) is 6.61 Å². The van der Waals surface area contributed by atoms with E-state index in [0.29, 0.717) is 0 Å². The van der Waals surface area contributed by atoms with Crippen molar-refractivity contribution < 1.29 is 9.90 Å². The molecule has 0 aliphatic carbocycles. The van der Waals surface area contributed by atoms with Gasteiger partial charge in [0, 0.05) is 18.9 Å². The smallest absolute Gasteiger partial charge is 0.138 e. The van der Waals surface area contributed by atoms with Crippen LogP contribution in [0.1, 0.15) is 19.8 Å². The molecule has 2 heteroatoms. The highest BCUT2D eigenvalue weighted by Crippen LogP contribution is 2.06. The number of allylic oxidation sites excluding steroid dienone is 3. The molecule has 0 fully saturated rings. The maximum atomic E-state index is 11.1. The average molecular weight is 168 g/mol. The molecule has 0 amide bonds. The van der Waals surface area contributed by atoms with E-state index in [0.717, 1.165) is 6.42 Å². The second-order valence-electron chi connectivity index (χ2n) is 2.74. The summed E-state index contributed by atoms with van der Waals surface area (Å²) in [4.78, 5) is 11.1. The standard InChI is InChI=1S/C10H16O2/c1-3-4-5-6-9(2)10(12)7-8-11/h3-5,9,11H,1,6-8H2,2H3/b5-4-. The van der Waals surface area contributed by atoms with Gasteiger partial charge in [0.25, 0.3) is 0 Å². The summed E-state index contributed by atoms with van der Waals surface area (Å²) in [6.07, 6.45) is 6.41. The van der Waals surface area contributed by atoms with Crippen molar-refractivity contribution in [1.29, 1.82) is 0 Å². The lowest BCUT2D eigenvalue weighted by atomic mass is 10.0. The van der Waals surface area contributed by atoms with E-state index in [1.54, 1.807) is 6.08 Å². The van der Waals surface area contributed by atoms with E-state index < -0.39 is 0 Å². The number of carbonyl (C=O) groups excluding carboxylic acids is 1. The molecule has 0 saturated carbocycles. The van der Waals surface area contributed by atoms with Crippen molar-refractivity contribution in [2.24, 2.45) is 5.92 Å². The first-order chi connectivity index (χ1) is 5.72. The number of hydrogen-bond acceptors (Lipinski definition) is 2. The Morgan fingerprint density at radius 2 is 2.33 bits per heavy atom. The van der Waals surface area contributed by atoms with Crippen molar-refractivity contribution in [3.05, 3.63) is 24.8 Å². The first-order valence-electron chi connectivity index (χ1n) is 4.13. The molecule has 0 bridgehead atoms. The Morgan fingerprint density at radius 3 is 2.83 bits per heavy atom. The SMILES string of the molecule is C=C/C=C\CC(C)C(=O)CCO. The molecule has 2 nitrogen and oxygen atoms in total. The first-order valence-corrected chi connectivity index (χ1v) is 4.13. The molecule has 12 heavy (non-hydrogen) atoms. The van der Waals surface area contributed by atoms with E-state index in [9.17, 15) is 4.79 Å². The van der Waals surface area contributed by atoms with E-state index in [1.165, 1.54) is 0 Å². The maximum Gasteiger partial charge on any atom is 0.138 e. The third-order valence-corrected chi connectivity index (χ3v) is 1.67. The Morgan fingerprint density at radius 1 is 1.67 bits per heavy atom. The van der Waals surface area contributed by atoms with Crippen LogP contribution in [0.15, 0.2) is 24.8 Å². The zero-order valence-corrected chi connectivity index (χ0v) is 7.49. The van der Waals surface area contributed by atoms with Gasteiger partial charge in [-0.2, -0.15) is 0 Å². The molecule has 0 spiro atoms. The molecular weight excluding hydrogens is 152 g/mol. The minimum absolute atomic E-state index is 0.00773. The summed E-state index contributed by atoms with van der Waals surface area (Å²) < 4.78 is 0. The van der Waals surface area contributed by atoms with Crippen LogP contribution in [0.3, 0.4) is 0 Å². The number of ketones is 1. The number of aliphatic hydroxyl groups is 1. The zero-order chi connectivity index (χ0) is 9.40. The van der Waals surface area contributed by atoms with Crippen LogP contribution in [0.2, 0.25) is 0 Å². The van der Waals surface area contributed by atoms with E-state index in [2.05, 4.69) is 6.58 Å². The Kier molecular flexibility index (Phi) is 6.29. The molecule has 1 unspecified atom stereocenters. The van der Waals surface area contributed by atoms with Gasteiger partial charge < -0.3 is 5.11 Å². The lowest BCUT2D eigenvalue weighted by Crippen LogP contribution is -2.11. The van der Waals surface area contributed by atoms with Crippen LogP contribution in [-0.4, -0.2) is 17.5 Å². The molecular formula is C10H16O2. The molecule has 0 saturated heterocycles. The minimum atomic E-state index is -0.0473. The highest BCUT2D eigenvalue weighted by atomic mass is 16.3. The van der Waals surface area contributed by atoms with Gasteiger partial charge in [0.2, 0.25) is 0 Å². The van der Waals surface area contributed by atoms with Crippen LogP contribution in [-0.2, 0) is 4.79 Å². The number of Topliss-reactive ketones (excluding diaryl/α,β-unsaturated/α-hetero) is 1. The number of aliphatic hydroxyl groups excluding tert-OH is 1. The van der Waals surface area contributed by atoms with Gasteiger partial charge in [-0.25, -0.2) is 0 Å². The predicted octanol–water partition coefficient (Wildman–Crippen LogP) is 1.71. The molecule has 0 radical (unpaired) electrons. The van der Waals surface area contributed by atoms with E-state index in [4.69, 9.17) is 5.11 Å². The molecule has 0 aromatic carbocycles. The molecule has 1 N–H and O–H groups in total. The highest BCUT2D eigenvalue weighted by molar-refractivity contribution is 5.80. The maximum absolute atomic E-state index is 11.1. The lowest BCUT2D eigenvalue weighted by molar-refractivity contribution is -0.122. The minimum Gasteiger partial charge on any atom is -0.396 e. The number of rotatable bonds is 6. The van der Waals surface area contributed by atoms with Gasteiger partial charge in [0.15, 0.2) is 0 Å². The van der Waals surface area contributed by atoms with Crippen molar-refractivity contribution in [3.63, 3.8) is 0 Å². The summed E-state index contributed by atoms with van der Waals surface area (Å²) in [5, 5.41) is 8.50. The quantitative estimate of drug-likeness (QED) is 0.613. The monoisotopic (exact) mass is 168 g/mol. The fourth-order valence-electron chi connectivity index (χ4n) is 0.867. The van der Waals surface area contributed by atoms with Gasteiger partial charge in [-0.15, -0.1) is 0 Å². The summed E-state index contributed by atoms with van der Waals surface area (Å²) in [6.45, 7) is 5.35. The van der Waals surface area contributed by atoms with Crippen LogP contribution in [0.5, 0.6) is 0 Å². The summed E-state index contributed by atoms with van der Waals surface area (Å²) in [5.41, 5.74) is 0. The van der Waals surface area contributed by atoms with Crippen LogP contribution in [0.4, 0.5) is 0 Å². The Labute approximate surface area is 73.6 Å². The van der Waals surface area contributed by atoms with Gasteiger partial charge in [-0.1, -0.05) is 31.7 Å². The van der Waals surface area contributed by atoms with E-state index in [1.807, 2.05) is 19.1 Å². The Balaban J connectivity index is 3.70. The molecule has 0 aliphatic heterocycles. The average Bonchev–Trinajstić information content (AvgIpc) is 2.05. The zero-order valence-electron chi connectivity index (χ0n) is 7.49. The van der Waals surface area contributed by atoms with Gasteiger partial charge >= 0.3 is 0 Å².